The Hall–Kier alpha value is -1.45. The minimum absolute atomic E-state index is 0.0244. The van der Waals surface area contributed by atoms with Crippen LogP contribution in [0.15, 0.2) is 11.6 Å². The zero-order chi connectivity index (χ0) is 20.3. The molecule has 6 atom stereocenters. The second kappa shape index (κ2) is 6.53. The van der Waals surface area contributed by atoms with Crippen molar-refractivity contribution in [1.29, 1.82) is 0 Å². The van der Waals surface area contributed by atoms with Gasteiger partial charge in [-0.1, -0.05) is 19.4 Å². The lowest BCUT2D eigenvalue weighted by Crippen LogP contribution is -2.59. The lowest BCUT2D eigenvalue weighted by Gasteiger charge is -2.60. The molecule has 0 aromatic heterocycles. The Morgan fingerprint density at radius 1 is 1.07 bits per heavy atom. The number of carbonyl (C=O) groups excluding carboxylic acids is 3. The number of hydrogen-bond acceptors (Lipinski definition) is 4. The average molecular weight is 387 g/mol. The first-order chi connectivity index (χ1) is 13.2. The summed E-state index contributed by atoms with van der Waals surface area (Å²) < 4.78 is 5.91. The maximum Gasteiger partial charge on any atom is 0.303 e. The number of carbonyl (C=O) groups is 3. The molecule has 0 aliphatic heterocycles. The van der Waals surface area contributed by atoms with Crippen LogP contribution in [0, 0.1) is 28.6 Å². The van der Waals surface area contributed by atoms with E-state index in [1.54, 1.807) is 6.92 Å². The monoisotopic (exact) mass is 386 g/mol. The molecule has 0 heterocycles. The molecule has 4 aliphatic carbocycles. The SMILES string of the molecule is CC[C@]12CC[C@@H]3[C@@H](CCC4=CC(=O)CC[C@]43C)[C@@H]1CC[C@]2(OC(C)=O)C(C)=O. The molecule has 3 fully saturated rings. The highest BCUT2D eigenvalue weighted by Gasteiger charge is 2.68. The van der Waals surface area contributed by atoms with Gasteiger partial charge in [0.25, 0.3) is 0 Å². The van der Waals surface area contributed by atoms with Gasteiger partial charge in [0.15, 0.2) is 17.2 Å². The summed E-state index contributed by atoms with van der Waals surface area (Å²) in [6.45, 7) is 7.60. The van der Waals surface area contributed by atoms with Crippen LogP contribution < -0.4 is 0 Å². The topological polar surface area (TPSA) is 60.4 Å². The standard InChI is InChI=1S/C24H34O4/c1-5-23-12-9-20-19(7-6-17-14-18(27)8-11-22(17,20)4)21(23)10-13-24(23,15(2)25)28-16(3)26/h14,19-21H,5-13H2,1-4H3/t19-,20-,21+,22-,23+,24+/m1/s1. The molecule has 0 aromatic rings. The third kappa shape index (κ3) is 2.45. The Morgan fingerprint density at radius 3 is 2.43 bits per heavy atom. The Balaban J connectivity index is 1.73. The van der Waals surface area contributed by atoms with Gasteiger partial charge in [-0.15, -0.1) is 0 Å². The second-order valence-electron chi connectivity index (χ2n) is 10.0. The van der Waals surface area contributed by atoms with Crippen molar-refractivity contribution in [1.82, 2.24) is 0 Å². The number of Topliss-reactive ketones (excluding diaryl/α,β-unsaturated/α-hetero) is 1. The Kier molecular flexibility index (Phi) is 4.63. The molecular weight excluding hydrogens is 352 g/mol. The fourth-order valence-corrected chi connectivity index (χ4v) is 8.09. The van der Waals surface area contributed by atoms with E-state index in [0.717, 1.165) is 44.9 Å². The van der Waals surface area contributed by atoms with E-state index < -0.39 is 5.60 Å². The summed E-state index contributed by atoms with van der Waals surface area (Å²) >= 11 is 0. The van der Waals surface area contributed by atoms with Crippen LogP contribution in [0.25, 0.3) is 0 Å². The predicted molar refractivity (Wildman–Crippen MR) is 107 cm³/mol. The van der Waals surface area contributed by atoms with E-state index in [2.05, 4.69) is 13.8 Å². The van der Waals surface area contributed by atoms with E-state index in [0.29, 0.717) is 30.6 Å². The van der Waals surface area contributed by atoms with Gasteiger partial charge in [0.1, 0.15) is 0 Å². The first-order valence-corrected chi connectivity index (χ1v) is 11.1. The minimum atomic E-state index is -0.942. The van der Waals surface area contributed by atoms with Gasteiger partial charge < -0.3 is 4.74 Å². The van der Waals surface area contributed by atoms with E-state index in [1.165, 1.54) is 12.5 Å². The van der Waals surface area contributed by atoms with Gasteiger partial charge in [-0.3, -0.25) is 14.4 Å². The molecule has 154 valence electrons. The van der Waals surface area contributed by atoms with Gasteiger partial charge in [0, 0.05) is 18.8 Å². The first kappa shape index (κ1) is 19.8. The van der Waals surface area contributed by atoms with Crippen LogP contribution in [0.5, 0.6) is 0 Å². The fraction of sp³-hybridized carbons (Fsp3) is 0.792. The first-order valence-electron chi connectivity index (χ1n) is 11.1. The molecule has 0 amide bonds. The Morgan fingerprint density at radius 2 is 1.79 bits per heavy atom. The number of fused-ring (bicyclic) bond motifs is 5. The van der Waals surface area contributed by atoms with Crippen LogP contribution in [0.1, 0.15) is 85.5 Å². The van der Waals surface area contributed by atoms with Crippen LogP contribution >= 0.6 is 0 Å². The molecule has 4 heteroatoms. The third-order valence-electron chi connectivity index (χ3n) is 9.30. The van der Waals surface area contributed by atoms with Gasteiger partial charge in [0.2, 0.25) is 0 Å². The van der Waals surface area contributed by atoms with Crippen molar-refractivity contribution < 1.29 is 19.1 Å². The number of ether oxygens (including phenoxy) is 1. The molecule has 0 radical (unpaired) electrons. The number of allylic oxidation sites excluding steroid dienone is 1. The summed E-state index contributed by atoms with van der Waals surface area (Å²) in [5.74, 6) is 1.53. The summed E-state index contributed by atoms with van der Waals surface area (Å²) in [6, 6.07) is 0. The molecule has 0 unspecified atom stereocenters. The molecular formula is C24H34O4. The van der Waals surface area contributed by atoms with Crippen molar-refractivity contribution in [3.8, 4) is 0 Å². The second-order valence-corrected chi connectivity index (χ2v) is 10.0. The van der Waals surface area contributed by atoms with Crippen LogP contribution in [0.2, 0.25) is 0 Å². The molecule has 4 nitrogen and oxygen atoms in total. The molecule has 0 spiro atoms. The van der Waals surface area contributed by atoms with Crippen molar-refractivity contribution in [3.05, 3.63) is 11.6 Å². The highest BCUT2D eigenvalue weighted by molar-refractivity contribution is 5.91. The van der Waals surface area contributed by atoms with Gasteiger partial charge in [-0.05, 0) is 87.5 Å². The van der Waals surface area contributed by atoms with Crippen LogP contribution in [-0.4, -0.2) is 23.1 Å². The summed E-state index contributed by atoms with van der Waals surface area (Å²) in [5.41, 5.74) is 0.320. The summed E-state index contributed by atoms with van der Waals surface area (Å²) in [4.78, 5) is 36.9. The van der Waals surface area contributed by atoms with Gasteiger partial charge in [0.05, 0.1) is 0 Å². The third-order valence-corrected chi connectivity index (χ3v) is 9.30. The van der Waals surface area contributed by atoms with E-state index in [1.807, 2.05) is 6.08 Å². The predicted octanol–water partition coefficient (Wildman–Crippen LogP) is 4.80. The van der Waals surface area contributed by atoms with Crippen molar-refractivity contribution in [3.63, 3.8) is 0 Å². The van der Waals surface area contributed by atoms with Crippen LogP contribution in [-0.2, 0) is 19.1 Å². The Bertz CT molecular complexity index is 752. The van der Waals surface area contributed by atoms with Gasteiger partial charge >= 0.3 is 5.97 Å². The average Bonchev–Trinajstić information content (AvgIpc) is 2.98. The smallest absolute Gasteiger partial charge is 0.303 e. The largest absolute Gasteiger partial charge is 0.451 e. The fourth-order valence-electron chi connectivity index (χ4n) is 8.09. The zero-order valence-electron chi connectivity index (χ0n) is 17.8. The molecule has 0 N–H and O–H groups in total. The van der Waals surface area contributed by atoms with Crippen LogP contribution in [0.3, 0.4) is 0 Å². The molecule has 0 saturated heterocycles. The Labute approximate surface area is 168 Å². The number of esters is 1. The zero-order valence-corrected chi connectivity index (χ0v) is 17.8. The normalized spacial score (nSPS) is 44.8. The molecule has 4 aliphatic rings. The van der Waals surface area contributed by atoms with Crippen molar-refractivity contribution in [2.75, 3.05) is 0 Å². The summed E-state index contributed by atoms with van der Waals surface area (Å²) in [7, 11) is 0. The van der Waals surface area contributed by atoms with Crippen molar-refractivity contribution in [2.24, 2.45) is 28.6 Å². The summed E-state index contributed by atoms with van der Waals surface area (Å²) in [5, 5.41) is 0. The highest BCUT2D eigenvalue weighted by Crippen LogP contribution is 2.69. The maximum absolute atomic E-state index is 12.9. The molecule has 0 bridgehead atoms. The minimum Gasteiger partial charge on any atom is -0.451 e. The van der Waals surface area contributed by atoms with E-state index >= 15 is 0 Å². The maximum atomic E-state index is 12.9. The lowest BCUT2D eigenvalue weighted by molar-refractivity contribution is -0.190. The van der Waals surface area contributed by atoms with Crippen molar-refractivity contribution >= 4 is 17.5 Å². The lowest BCUT2D eigenvalue weighted by atomic mass is 9.45. The van der Waals surface area contributed by atoms with Crippen LogP contribution in [0.4, 0.5) is 0 Å². The quantitative estimate of drug-likeness (QED) is 0.654. The highest BCUT2D eigenvalue weighted by atomic mass is 16.6. The van der Waals surface area contributed by atoms with Gasteiger partial charge in [-0.25, -0.2) is 0 Å². The molecule has 0 aromatic carbocycles. The molecule has 28 heavy (non-hydrogen) atoms. The summed E-state index contributed by atoms with van der Waals surface area (Å²) in [6.07, 6.45) is 10.2. The van der Waals surface area contributed by atoms with E-state index in [4.69, 9.17) is 4.74 Å². The number of hydrogen-bond donors (Lipinski definition) is 0. The van der Waals surface area contributed by atoms with E-state index in [9.17, 15) is 14.4 Å². The van der Waals surface area contributed by atoms with E-state index in [-0.39, 0.29) is 28.4 Å². The molecule has 3 saturated carbocycles. The number of rotatable bonds is 3. The molecule has 4 rings (SSSR count). The number of ketones is 2. The van der Waals surface area contributed by atoms with Crippen molar-refractivity contribution in [2.45, 2.75) is 91.1 Å². The van der Waals surface area contributed by atoms with Gasteiger partial charge in [-0.2, -0.15) is 0 Å².